The first-order valence-electron chi connectivity index (χ1n) is 8.94. The maximum absolute atomic E-state index is 13.3. The van der Waals surface area contributed by atoms with Crippen molar-refractivity contribution in [2.45, 2.75) is 30.8 Å². The van der Waals surface area contributed by atoms with Gasteiger partial charge in [-0.05, 0) is 54.8 Å². The summed E-state index contributed by atoms with van der Waals surface area (Å²) >= 11 is 5.94. The molecule has 2 heterocycles. The highest BCUT2D eigenvalue weighted by Gasteiger charge is 2.41. The third kappa shape index (κ3) is 3.34. The van der Waals surface area contributed by atoms with Gasteiger partial charge in [0, 0.05) is 41.7 Å². The van der Waals surface area contributed by atoms with Gasteiger partial charge in [-0.15, -0.1) is 0 Å². The van der Waals surface area contributed by atoms with Crippen molar-refractivity contribution in [1.82, 2.24) is 15.8 Å². The summed E-state index contributed by atoms with van der Waals surface area (Å²) < 4.78 is 13.3. The number of rotatable bonds is 3. The van der Waals surface area contributed by atoms with Crippen LogP contribution in [0.5, 0.6) is 0 Å². The van der Waals surface area contributed by atoms with Crippen LogP contribution in [0.15, 0.2) is 48.5 Å². The van der Waals surface area contributed by atoms with E-state index in [1.807, 2.05) is 17.0 Å². The molecule has 0 aromatic heterocycles. The Labute approximate surface area is 157 Å². The monoisotopic (exact) mass is 373 g/mol. The van der Waals surface area contributed by atoms with Gasteiger partial charge in [-0.25, -0.2) is 4.39 Å². The van der Waals surface area contributed by atoms with E-state index >= 15 is 0 Å². The van der Waals surface area contributed by atoms with Gasteiger partial charge >= 0.3 is 0 Å². The minimum atomic E-state index is -0.232. The second-order valence-electron chi connectivity index (χ2n) is 6.92. The second-order valence-corrected chi connectivity index (χ2v) is 7.36. The average Bonchev–Trinajstić information content (AvgIpc) is 3.31. The number of nitrogens with one attached hydrogen (secondary N) is 2. The lowest BCUT2D eigenvalue weighted by Gasteiger charge is -2.32. The van der Waals surface area contributed by atoms with Crippen molar-refractivity contribution in [3.8, 4) is 0 Å². The lowest BCUT2D eigenvalue weighted by Crippen LogP contribution is -2.49. The first kappa shape index (κ1) is 17.5. The molecule has 0 radical (unpaired) electrons. The molecule has 0 bridgehead atoms. The fourth-order valence-corrected chi connectivity index (χ4v) is 4.22. The molecule has 2 aromatic carbocycles. The molecule has 3 atom stereocenters. The first-order chi connectivity index (χ1) is 12.6. The van der Waals surface area contributed by atoms with Crippen molar-refractivity contribution in [1.29, 1.82) is 0 Å². The maximum atomic E-state index is 13.3. The lowest BCUT2D eigenvalue weighted by atomic mass is 9.87. The molecule has 2 fully saturated rings. The summed E-state index contributed by atoms with van der Waals surface area (Å²) in [5.41, 5.74) is 8.31. The van der Waals surface area contributed by atoms with Crippen LogP contribution in [0.4, 0.5) is 4.39 Å². The van der Waals surface area contributed by atoms with E-state index in [0.29, 0.717) is 10.6 Å². The number of amides is 1. The molecule has 6 heteroatoms. The molecule has 136 valence electrons. The SMILES string of the molecule is O=C(c1ccc(Cl)cc1)N1CCCC1C1NNCC1c1ccc(F)cc1. The zero-order valence-electron chi connectivity index (χ0n) is 14.3. The van der Waals surface area contributed by atoms with Crippen LogP contribution in [-0.2, 0) is 0 Å². The fraction of sp³-hybridized carbons (Fsp3) is 0.350. The number of nitrogens with zero attached hydrogens (tertiary/aromatic N) is 1. The summed E-state index contributed by atoms with van der Waals surface area (Å²) in [6.45, 7) is 1.51. The number of hydrogen-bond acceptors (Lipinski definition) is 3. The van der Waals surface area contributed by atoms with Gasteiger partial charge in [0.25, 0.3) is 5.91 Å². The standard InChI is InChI=1S/C20H21ClFN3O/c21-15-7-3-14(4-8-15)20(26)25-11-1-2-18(25)19-17(12-23-24-19)13-5-9-16(22)10-6-13/h3-10,17-19,23-24H,1-2,11-12H2. The van der Waals surface area contributed by atoms with Crippen LogP contribution in [0.25, 0.3) is 0 Å². The minimum absolute atomic E-state index is 0.0377. The van der Waals surface area contributed by atoms with Gasteiger partial charge in [0.05, 0.1) is 0 Å². The Morgan fingerprint density at radius 1 is 1.12 bits per heavy atom. The van der Waals surface area contributed by atoms with Crippen molar-refractivity contribution in [2.24, 2.45) is 0 Å². The molecule has 4 nitrogen and oxygen atoms in total. The summed E-state index contributed by atoms with van der Waals surface area (Å²) in [6, 6.07) is 13.9. The highest BCUT2D eigenvalue weighted by molar-refractivity contribution is 6.30. The molecule has 2 saturated heterocycles. The summed E-state index contributed by atoms with van der Waals surface area (Å²) in [5.74, 6) is -0.000403. The predicted octanol–water partition coefficient (Wildman–Crippen LogP) is 3.34. The fourth-order valence-electron chi connectivity index (χ4n) is 4.09. The second kappa shape index (κ2) is 7.35. The van der Waals surface area contributed by atoms with Gasteiger partial charge in [-0.3, -0.25) is 15.6 Å². The number of hydrazine groups is 1. The third-order valence-electron chi connectivity index (χ3n) is 5.39. The number of hydrogen-bond donors (Lipinski definition) is 2. The van der Waals surface area contributed by atoms with E-state index in [4.69, 9.17) is 11.6 Å². The Morgan fingerprint density at radius 3 is 2.58 bits per heavy atom. The van der Waals surface area contributed by atoms with Crippen LogP contribution in [-0.4, -0.2) is 36.0 Å². The summed E-state index contributed by atoms with van der Waals surface area (Å²) in [4.78, 5) is 15.0. The van der Waals surface area contributed by atoms with Crippen molar-refractivity contribution in [3.05, 3.63) is 70.5 Å². The van der Waals surface area contributed by atoms with E-state index in [1.165, 1.54) is 12.1 Å². The van der Waals surface area contributed by atoms with E-state index in [0.717, 1.165) is 31.5 Å². The topological polar surface area (TPSA) is 44.4 Å². The van der Waals surface area contributed by atoms with Crippen LogP contribution in [0.1, 0.15) is 34.7 Å². The molecular formula is C20H21ClFN3O. The van der Waals surface area contributed by atoms with E-state index in [-0.39, 0.29) is 29.7 Å². The van der Waals surface area contributed by atoms with Crippen LogP contribution in [0.2, 0.25) is 5.02 Å². The largest absolute Gasteiger partial charge is 0.334 e. The molecule has 26 heavy (non-hydrogen) atoms. The van der Waals surface area contributed by atoms with Gasteiger partial charge < -0.3 is 4.90 Å². The number of benzene rings is 2. The molecule has 3 unspecified atom stereocenters. The number of halogens is 2. The number of likely N-dealkylation sites (tertiary alicyclic amines) is 1. The summed E-state index contributed by atoms with van der Waals surface area (Å²) in [5, 5.41) is 0.623. The van der Waals surface area contributed by atoms with Crippen LogP contribution in [0.3, 0.4) is 0 Å². The quantitative estimate of drug-likeness (QED) is 0.867. The normalized spacial score (nSPS) is 25.6. The zero-order valence-corrected chi connectivity index (χ0v) is 15.0. The Balaban J connectivity index is 1.56. The Bertz CT molecular complexity index is 781. The third-order valence-corrected chi connectivity index (χ3v) is 5.64. The Kier molecular flexibility index (Phi) is 4.94. The number of carbonyl (C=O) groups is 1. The molecule has 0 aliphatic carbocycles. The van der Waals surface area contributed by atoms with Gasteiger partial charge in [-0.1, -0.05) is 23.7 Å². The molecule has 0 saturated carbocycles. The molecule has 2 aliphatic rings. The zero-order chi connectivity index (χ0) is 18.1. The Morgan fingerprint density at radius 2 is 1.85 bits per heavy atom. The van der Waals surface area contributed by atoms with E-state index in [2.05, 4.69) is 10.9 Å². The van der Waals surface area contributed by atoms with E-state index in [1.54, 1.807) is 24.3 Å². The molecule has 0 spiro atoms. The van der Waals surface area contributed by atoms with Gasteiger partial charge in [-0.2, -0.15) is 0 Å². The number of carbonyl (C=O) groups excluding carboxylic acids is 1. The van der Waals surface area contributed by atoms with Crippen LogP contribution < -0.4 is 10.9 Å². The molecular weight excluding hydrogens is 353 g/mol. The highest BCUT2D eigenvalue weighted by Crippen LogP contribution is 2.32. The highest BCUT2D eigenvalue weighted by atomic mass is 35.5. The maximum Gasteiger partial charge on any atom is 0.254 e. The predicted molar refractivity (Wildman–Crippen MR) is 99.6 cm³/mol. The Hall–Kier alpha value is -1.95. The van der Waals surface area contributed by atoms with Gasteiger partial charge in [0.1, 0.15) is 5.82 Å². The smallest absolute Gasteiger partial charge is 0.254 e. The van der Waals surface area contributed by atoms with Crippen molar-refractivity contribution < 1.29 is 9.18 Å². The lowest BCUT2D eigenvalue weighted by molar-refractivity contribution is 0.0705. The molecule has 1 amide bonds. The van der Waals surface area contributed by atoms with Crippen molar-refractivity contribution >= 4 is 17.5 Å². The minimum Gasteiger partial charge on any atom is -0.334 e. The summed E-state index contributed by atoms with van der Waals surface area (Å²) in [7, 11) is 0. The van der Waals surface area contributed by atoms with Gasteiger partial charge in [0.2, 0.25) is 0 Å². The van der Waals surface area contributed by atoms with Crippen molar-refractivity contribution in [3.63, 3.8) is 0 Å². The molecule has 2 aromatic rings. The van der Waals surface area contributed by atoms with Crippen LogP contribution >= 0.6 is 11.6 Å². The van der Waals surface area contributed by atoms with E-state index in [9.17, 15) is 9.18 Å². The molecule has 2 aliphatic heterocycles. The van der Waals surface area contributed by atoms with Crippen molar-refractivity contribution in [2.75, 3.05) is 13.1 Å². The summed E-state index contributed by atoms with van der Waals surface area (Å²) in [6.07, 6.45) is 1.94. The first-order valence-corrected chi connectivity index (χ1v) is 9.31. The van der Waals surface area contributed by atoms with Crippen LogP contribution in [0, 0.1) is 5.82 Å². The van der Waals surface area contributed by atoms with Gasteiger partial charge in [0.15, 0.2) is 0 Å². The molecule has 4 rings (SSSR count). The average molecular weight is 374 g/mol. The molecule has 2 N–H and O–H groups in total. The van der Waals surface area contributed by atoms with E-state index < -0.39 is 0 Å².